The van der Waals surface area contributed by atoms with E-state index >= 15 is 17.6 Å². The normalized spacial score (nSPS) is 19.5. The van der Waals surface area contributed by atoms with Crippen LogP contribution in [0.4, 0.5) is 28.9 Å². The van der Waals surface area contributed by atoms with E-state index in [0.29, 0.717) is 29.8 Å². The lowest BCUT2D eigenvalue weighted by molar-refractivity contribution is -0.135. The highest BCUT2D eigenvalue weighted by molar-refractivity contribution is 5.97. The molecule has 4 bridgehead atoms. The van der Waals surface area contributed by atoms with Crippen molar-refractivity contribution in [2.45, 2.75) is 77.0 Å². The Balaban J connectivity index is 1.70. The molecule has 0 aromatic heterocycles. The van der Waals surface area contributed by atoms with E-state index in [1.807, 2.05) is 0 Å². The largest absolute Gasteiger partial charge is 0.370 e. The first-order valence-corrected chi connectivity index (χ1v) is 20.9. The number of hydrogen-bond donors (Lipinski definition) is 9. The van der Waals surface area contributed by atoms with Gasteiger partial charge in [-0.25, -0.2) is 17.6 Å². The van der Waals surface area contributed by atoms with Crippen LogP contribution in [-0.4, -0.2) is 97.7 Å². The summed E-state index contributed by atoms with van der Waals surface area (Å²) in [5.74, 6) is -12.2. The van der Waals surface area contributed by atoms with Crippen molar-refractivity contribution in [3.8, 4) is 0 Å². The standard InChI is InChI=1S/C43H52F4N12O7/c1-4-30-40(64)57-33(17-23-9-6-5-7-10-23)39(63)52-16-15-51-38(62)25-20-28(46)35(29(47)21-25)59-58-34-26(44)18-24(19-27(34)45)37(61)50-14-12-32(55-36(60)22(2)3)42(66)56-31(41(65)54-30)11-8-13-53-43(48)49/h5-7,9-10,18-22,30-33H,4,8,11-17H2,1-3H3,(H,50,61)(H,51,62)(H,52,63)(H,54,65)(H,55,60)(H,56,66)(H,57,64)(H4,48,49,53)/t30-,31-,32+,33+/m0/s1. The number of nitrogens with zero attached hydrogens (tertiary/aromatic N) is 3. The molecule has 0 aliphatic carbocycles. The molecule has 23 heteroatoms. The summed E-state index contributed by atoms with van der Waals surface area (Å²) < 4.78 is 60.3. The van der Waals surface area contributed by atoms with Gasteiger partial charge in [0.15, 0.2) is 40.6 Å². The first-order chi connectivity index (χ1) is 31.4. The summed E-state index contributed by atoms with van der Waals surface area (Å²) >= 11 is 0. The maximum absolute atomic E-state index is 15.1. The highest BCUT2D eigenvalue weighted by atomic mass is 19.1. The fourth-order valence-corrected chi connectivity index (χ4v) is 6.31. The van der Waals surface area contributed by atoms with Crippen molar-refractivity contribution < 1.29 is 51.1 Å². The van der Waals surface area contributed by atoms with E-state index in [1.54, 1.807) is 51.1 Å². The highest BCUT2D eigenvalue weighted by Crippen LogP contribution is 2.29. The second kappa shape index (κ2) is 24.6. The summed E-state index contributed by atoms with van der Waals surface area (Å²) in [6, 6.07) is 5.84. The van der Waals surface area contributed by atoms with Gasteiger partial charge in [-0.15, -0.1) is 10.2 Å². The number of rotatable bonds is 9. The van der Waals surface area contributed by atoms with Gasteiger partial charge in [0.25, 0.3) is 11.8 Å². The number of azo groups is 1. The van der Waals surface area contributed by atoms with E-state index < -0.39 is 117 Å². The smallest absolute Gasteiger partial charge is 0.251 e. The first kappa shape index (κ1) is 51.2. The quantitative estimate of drug-likeness (QED) is 0.0655. The Bertz CT molecular complexity index is 2280. The number of nitrogens with two attached hydrogens (primary N) is 2. The topological polar surface area (TPSA) is 293 Å². The van der Waals surface area contributed by atoms with Gasteiger partial charge in [0, 0.05) is 49.6 Å². The number of hydrogen-bond acceptors (Lipinski definition) is 10. The molecule has 0 spiro atoms. The molecule has 3 aromatic rings. The Morgan fingerprint density at radius 3 is 1.74 bits per heavy atom. The molecule has 4 atom stereocenters. The molecule has 354 valence electrons. The van der Waals surface area contributed by atoms with Crippen LogP contribution in [0, 0.1) is 29.2 Å². The Hall–Kier alpha value is -7.46. The third-order valence-corrected chi connectivity index (χ3v) is 9.93. The van der Waals surface area contributed by atoms with Crippen LogP contribution in [0.15, 0.2) is 69.8 Å². The van der Waals surface area contributed by atoms with Gasteiger partial charge in [-0.2, -0.15) is 0 Å². The molecular formula is C43H52F4N12O7. The van der Waals surface area contributed by atoms with Crippen molar-refractivity contribution in [3.63, 3.8) is 0 Å². The van der Waals surface area contributed by atoms with E-state index in [1.165, 1.54) is 0 Å². The zero-order valence-electron chi connectivity index (χ0n) is 36.3. The fourth-order valence-electron chi connectivity index (χ4n) is 6.31. The third-order valence-electron chi connectivity index (χ3n) is 9.93. The zero-order valence-corrected chi connectivity index (χ0v) is 36.3. The average molecular weight is 925 g/mol. The number of aliphatic imine (C=N–C) groups is 1. The van der Waals surface area contributed by atoms with Crippen LogP contribution < -0.4 is 48.7 Å². The van der Waals surface area contributed by atoms with E-state index in [-0.39, 0.29) is 64.2 Å². The molecule has 66 heavy (non-hydrogen) atoms. The Morgan fingerprint density at radius 1 is 0.712 bits per heavy atom. The minimum Gasteiger partial charge on any atom is -0.370 e. The van der Waals surface area contributed by atoms with Gasteiger partial charge in [0.05, 0.1) is 0 Å². The van der Waals surface area contributed by atoms with Crippen LogP contribution in [0.2, 0.25) is 0 Å². The van der Waals surface area contributed by atoms with E-state index in [0.717, 1.165) is 0 Å². The van der Waals surface area contributed by atoms with Gasteiger partial charge in [0.2, 0.25) is 29.5 Å². The van der Waals surface area contributed by atoms with Gasteiger partial charge < -0.3 is 48.7 Å². The van der Waals surface area contributed by atoms with Gasteiger partial charge in [-0.05, 0) is 55.5 Å². The van der Waals surface area contributed by atoms with Crippen molar-refractivity contribution in [3.05, 3.63) is 94.6 Å². The van der Waals surface area contributed by atoms with Gasteiger partial charge >= 0.3 is 0 Å². The maximum Gasteiger partial charge on any atom is 0.251 e. The maximum atomic E-state index is 15.1. The van der Waals surface area contributed by atoms with Crippen LogP contribution in [0.5, 0.6) is 0 Å². The van der Waals surface area contributed by atoms with Crippen LogP contribution in [0.25, 0.3) is 0 Å². The lowest BCUT2D eigenvalue weighted by Crippen LogP contribution is -2.58. The summed E-state index contributed by atoms with van der Waals surface area (Å²) in [7, 11) is 0. The molecule has 0 unspecified atom stereocenters. The fraction of sp³-hybridized carbons (Fsp3) is 0.395. The Morgan fingerprint density at radius 2 is 1.21 bits per heavy atom. The minimum atomic E-state index is -1.44. The number of carbonyl (C=O) groups is 7. The molecule has 6 rings (SSSR count). The van der Waals surface area contributed by atoms with Gasteiger partial charge in [-0.1, -0.05) is 51.1 Å². The number of benzene rings is 3. The molecule has 3 aliphatic heterocycles. The predicted octanol–water partition coefficient (Wildman–Crippen LogP) is 1.94. The summed E-state index contributed by atoms with van der Waals surface area (Å²) in [6.07, 6.45) is -0.184. The zero-order chi connectivity index (χ0) is 48.5. The lowest BCUT2D eigenvalue weighted by atomic mass is 10.0. The molecule has 7 amide bonds. The number of fused-ring (bicyclic) bond motifs is 2. The lowest BCUT2D eigenvalue weighted by Gasteiger charge is -2.26. The number of carbonyl (C=O) groups excluding carboxylic acids is 7. The van der Waals surface area contributed by atoms with Gasteiger partial charge in [0.1, 0.15) is 24.2 Å². The molecule has 0 saturated heterocycles. The monoisotopic (exact) mass is 924 g/mol. The second-order valence-electron chi connectivity index (χ2n) is 15.3. The summed E-state index contributed by atoms with van der Waals surface area (Å²) in [5.41, 5.74) is 8.31. The summed E-state index contributed by atoms with van der Waals surface area (Å²) in [6.45, 7) is 3.94. The number of amides is 7. The van der Waals surface area contributed by atoms with Crippen LogP contribution in [0.1, 0.15) is 72.7 Å². The second-order valence-corrected chi connectivity index (χ2v) is 15.3. The van der Waals surface area contributed by atoms with Crippen LogP contribution in [-0.2, 0) is 30.4 Å². The first-order valence-electron chi connectivity index (χ1n) is 20.9. The molecule has 3 aromatic carbocycles. The van der Waals surface area contributed by atoms with Crippen LogP contribution in [0.3, 0.4) is 0 Å². The SMILES string of the molecule is CC[C@@H]1NC(=O)[C@H](CCCN=C(N)N)NC(=O)[C@H](NC(=O)C(C)C)CCNC(=O)c2cc(F)c(c(F)c2)N=Nc2c(F)cc(cc2F)C(=O)NCCNC(=O)[C@@H](Cc2ccccc2)NC1=O. The Kier molecular flexibility index (Phi) is 19.0. The molecule has 0 saturated carbocycles. The summed E-state index contributed by atoms with van der Waals surface area (Å²) in [4.78, 5) is 97.7. The number of halogens is 4. The van der Waals surface area contributed by atoms with Crippen molar-refractivity contribution in [1.29, 1.82) is 0 Å². The number of guanidine groups is 1. The molecule has 3 aliphatic rings. The van der Waals surface area contributed by atoms with Crippen molar-refractivity contribution in [2.24, 2.45) is 32.6 Å². The third kappa shape index (κ3) is 15.1. The average Bonchev–Trinajstić information content (AvgIpc) is 3.27. The molecule has 19 nitrogen and oxygen atoms in total. The highest BCUT2D eigenvalue weighted by Gasteiger charge is 2.31. The molecule has 11 N–H and O–H groups in total. The van der Waals surface area contributed by atoms with Crippen LogP contribution >= 0.6 is 0 Å². The number of nitrogens with one attached hydrogen (secondary N) is 7. The predicted molar refractivity (Wildman–Crippen MR) is 232 cm³/mol. The molecular weight excluding hydrogens is 873 g/mol. The van der Waals surface area contributed by atoms with E-state index in [9.17, 15) is 33.6 Å². The van der Waals surface area contributed by atoms with Crippen molar-refractivity contribution >= 4 is 58.7 Å². The van der Waals surface area contributed by atoms with Crippen molar-refractivity contribution in [1.82, 2.24) is 37.2 Å². The van der Waals surface area contributed by atoms with Crippen molar-refractivity contribution in [2.75, 3.05) is 26.2 Å². The molecule has 0 radical (unpaired) electrons. The Labute approximate surface area is 376 Å². The minimum absolute atomic E-state index is 0.00470. The molecule has 0 fully saturated rings. The molecule has 3 heterocycles. The van der Waals surface area contributed by atoms with Gasteiger partial charge in [-0.3, -0.25) is 38.6 Å². The van der Waals surface area contributed by atoms with E-state index in [4.69, 9.17) is 11.5 Å². The summed E-state index contributed by atoms with van der Waals surface area (Å²) in [5, 5.41) is 24.4. The van der Waals surface area contributed by atoms with E-state index in [2.05, 4.69) is 52.4 Å².